The highest BCUT2D eigenvalue weighted by atomic mass is 16.5. The van der Waals surface area contributed by atoms with Gasteiger partial charge >= 0.3 is 0 Å². The number of methoxy groups -OCH3 is 1. The molecule has 5 heteroatoms. The van der Waals surface area contributed by atoms with Crippen molar-refractivity contribution in [3.05, 3.63) is 53.6 Å². The van der Waals surface area contributed by atoms with Gasteiger partial charge in [0.15, 0.2) is 0 Å². The van der Waals surface area contributed by atoms with Crippen molar-refractivity contribution in [3.63, 3.8) is 0 Å². The predicted octanol–water partition coefficient (Wildman–Crippen LogP) is 2.50. The first-order chi connectivity index (χ1) is 11.2. The van der Waals surface area contributed by atoms with Crippen molar-refractivity contribution in [1.82, 2.24) is 14.9 Å². The van der Waals surface area contributed by atoms with Gasteiger partial charge in [-0.15, -0.1) is 0 Å². The van der Waals surface area contributed by atoms with Crippen LogP contribution in [0.1, 0.15) is 28.3 Å². The van der Waals surface area contributed by atoms with Crippen LogP contribution in [0.25, 0.3) is 0 Å². The number of carbonyl (C=O) groups excluding carboxylic acids is 1. The molecule has 2 aromatic rings. The van der Waals surface area contributed by atoms with Crippen molar-refractivity contribution in [2.45, 2.75) is 19.8 Å². The standard InChI is InChI=1S/C18H21N3O2/c1-13-19-9-7-17(20-13)18(22)21-10-8-15(12-21)11-14-3-5-16(23-2)6-4-14/h3-7,9,15H,8,10-12H2,1-2H3. The lowest BCUT2D eigenvalue weighted by molar-refractivity contribution is 0.0781. The Kier molecular flexibility index (Phi) is 4.55. The third-order valence-corrected chi connectivity index (χ3v) is 4.25. The van der Waals surface area contributed by atoms with E-state index in [-0.39, 0.29) is 5.91 Å². The lowest BCUT2D eigenvalue weighted by Gasteiger charge is -2.16. The second-order valence-corrected chi connectivity index (χ2v) is 5.95. The maximum atomic E-state index is 12.5. The van der Waals surface area contributed by atoms with Crippen molar-refractivity contribution >= 4 is 5.91 Å². The Morgan fingerprint density at radius 2 is 2.09 bits per heavy atom. The lowest BCUT2D eigenvalue weighted by Crippen LogP contribution is -2.29. The number of hydrogen-bond donors (Lipinski definition) is 0. The van der Waals surface area contributed by atoms with Gasteiger partial charge in [0.2, 0.25) is 0 Å². The molecule has 1 aromatic heterocycles. The molecule has 0 spiro atoms. The van der Waals surface area contributed by atoms with Crippen molar-refractivity contribution in [1.29, 1.82) is 0 Å². The Hall–Kier alpha value is -2.43. The summed E-state index contributed by atoms with van der Waals surface area (Å²) in [7, 11) is 1.67. The van der Waals surface area contributed by atoms with Crippen molar-refractivity contribution < 1.29 is 9.53 Å². The number of hydrogen-bond acceptors (Lipinski definition) is 4. The molecule has 120 valence electrons. The molecule has 1 saturated heterocycles. The number of carbonyl (C=O) groups is 1. The highest BCUT2D eigenvalue weighted by Crippen LogP contribution is 2.23. The van der Waals surface area contributed by atoms with Gasteiger partial charge in [-0.1, -0.05) is 12.1 Å². The van der Waals surface area contributed by atoms with Crippen molar-refractivity contribution in [2.24, 2.45) is 5.92 Å². The first-order valence-electron chi connectivity index (χ1n) is 7.87. The van der Waals surface area contributed by atoms with Gasteiger partial charge in [0.05, 0.1) is 7.11 Å². The number of likely N-dealkylation sites (tertiary alicyclic amines) is 1. The van der Waals surface area contributed by atoms with E-state index in [0.717, 1.165) is 31.7 Å². The molecule has 5 nitrogen and oxygen atoms in total. The third-order valence-electron chi connectivity index (χ3n) is 4.25. The second kappa shape index (κ2) is 6.77. The Morgan fingerprint density at radius 3 is 2.78 bits per heavy atom. The number of ether oxygens (including phenoxy) is 1. The molecule has 0 bridgehead atoms. The van der Waals surface area contributed by atoms with Crippen LogP contribution in [0.3, 0.4) is 0 Å². The van der Waals surface area contributed by atoms with Gasteiger partial charge < -0.3 is 9.64 Å². The molecule has 1 amide bonds. The molecular formula is C18H21N3O2. The molecule has 1 atom stereocenters. The highest BCUT2D eigenvalue weighted by molar-refractivity contribution is 5.92. The molecule has 1 aliphatic rings. The van der Waals surface area contributed by atoms with Gasteiger partial charge in [-0.2, -0.15) is 0 Å². The second-order valence-electron chi connectivity index (χ2n) is 5.95. The molecule has 0 saturated carbocycles. The Balaban J connectivity index is 1.60. The summed E-state index contributed by atoms with van der Waals surface area (Å²) in [4.78, 5) is 22.7. The van der Waals surface area contributed by atoms with E-state index in [1.807, 2.05) is 17.0 Å². The lowest BCUT2D eigenvalue weighted by atomic mass is 9.99. The van der Waals surface area contributed by atoms with E-state index in [4.69, 9.17) is 4.74 Å². The van der Waals surface area contributed by atoms with Crippen LogP contribution < -0.4 is 4.74 Å². The zero-order chi connectivity index (χ0) is 16.2. The fraction of sp³-hybridized carbons (Fsp3) is 0.389. The number of aromatic nitrogens is 2. The smallest absolute Gasteiger partial charge is 0.272 e. The normalized spacial score (nSPS) is 17.3. The maximum absolute atomic E-state index is 12.5. The minimum Gasteiger partial charge on any atom is -0.497 e. The first-order valence-corrected chi connectivity index (χ1v) is 7.87. The summed E-state index contributed by atoms with van der Waals surface area (Å²) in [6.45, 7) is 3.38. The van der Waals surface area contributed by atoms with Crippen LogP contribution in [0.5, 0.6) is 5.75 Å². The fourth-order valence-electron chi connectivity index (χ4n) is 3.02. The fourth-order valence-corrected chi connectivity index (χ4v) is 3.02. The van der Waals surface area contributed by atoms with Crippen LogP contribution in [0, 0.1) is 12.8 Å². The monoisotopic (exact) mass is 311 g/mol. The Labute approximate surface area is 136 Å². The van der Waals surface area contributed by atoms with Crippen LogP contribution >= 0.6 is 0 Å². The zero-order valence-electron chi connectivity index (χ0n) is 13.5. The quantitative estimate of drug-likeness (QED) is 0.870. The molecule has 0 radical (unpaired) electrons. The molecular weight excluding hydrogens is 290 g/mol. The number of benzene rings is 1. The summed E-state index contributed by atoms with van der Waals surface area (Å²) < 4.78 is 5.18. The Bertz CT molecular complexity index is 685. The highest BCUT2D eigenvalue weighted by Gasteiger charge is 2.27. The maximum Gasteiger partial charge on any atom is 0.272 e. The summed E-state index contributed by atoms with van der Waals surface area (Å²) >= 11 is 0. The molecule has 1 aromatic carbocycles. The number of rotatable bonds is 4. The summed E-state index contributed by atoms with van der Waals surface area (Å²) in [5.41, 5.74) is 1.77. The summed E-state index contributed by atoms with van der Waals surface area (Å²) in [5.74, 6) is 2.00. The number of nitrogens with zero attached hydrogens (tertiary/aromatic N) is 3. The number of aryl methyl sites for hydroxylation is 1. The van der Waals surface area contributed by atoms with Gasteiger partial charge in [-0.25, -0.2) is 9.97 Å². The average Bonchev–Trinajstić information content (AvgIpc) is 3.03. The molecule has 0 aliphatic carbocycles. The minimum atomic E-state index is 0.00716. The molecule has 2 heterocycles. The average molecular weight is 311 g/mol. The SMILES string of the molecule is COc1ccc(CC2CCN(C(=O)c3ccnc(C)n3)C2)cc1. The summed E-state index contributed by atoms with van der Waals surface area (Å²) in [5, 5.41) is 0. The van der Waals surface area contributed by atoms with E-state index >= 15 is 0 Å². The summed E-state index contributed by atoms with van der Waals surface area (Å²) in [6.07, 6.45) is 3.65. The van der Waals surface area contributed by atoms with Gasteiger partial charge in [-0.3, -0.25) is 4.79 Å². The topological polar surface area (TPSA) is 55.3 Å². The molecule has 1 fully saturated rings. The van der Waals surface area contributed by atoms with E-state index in [0.29, 0.717) is 17.4 Å². The predicted molar refractivity (Wildman–Crippen MR) is 87.5 cm³/mol. The molecule has 23 heavy (non-hydrogen) atoms. The summed E-state index contributed by atoms with van der Waals surface area (Å²) in [6, 6.07) is 9.84. The minimum absolute atomic E-state index is 0.00716. The zero-order valence-corrected chi connectivity index (χ0v) is 13.5. The van der Waals surface area contributed by atoms with Crippen LogP contribution in [0.4, 0.5) is 0 Å². The largest absolute Gasteiger partial charge is 0.497 e. The van der Waals surface area contributed by atoms with E-state index < -0.39 is 0 Å². The van der Waals surface area contributed by atoms with Crippen LogP contribution in [-0.4, -0.2) is 41.0 Å². The Morgan fingerprint density at radius 1 is 1.30 bits per heavy atom. The van der Waals surface area contributed by atoms with Crippen LogP contribution in [0.2, 0.25) is 0 Å². The molecule has 3 rings (SSSR count). The van der Waals surface area contributed by atoms with Crippen LogP contribution in [-0.2, 0) is 6.42 Å². The van der Waals surface area contributed by atoms with E-state index in [1.165, 1.54) is 5.56 Å². The molecule has 0 N–H and O–H groups in total. The molecule has 1 unspecified atom stereocenters. The molecule has 1 aliphatic heterocycles. The van der Waals surface area contributed by atoms with Gasteiger partial charge in [-0.05, 0) is 49.4 Å². The van der Waals surface area contributed by atoms with E-state index in [2.05, 4.69) is 22.1 Å². The van der Waals surface area contributed by atoms with Gasteiger partial charge in [0, 0.05) is 19.3 Å². The van der Waals surface area contributed by atoms with Gasteiger partial charge in [0.1, 0.15) is 17.3 Å². The van der Waals surface area contributed by atoms with Crippen LogP contribution in [0.15, 0.2) is 36.5 Å². The van der Waals surface area contributed by atoms with Gasteiger partial charge in [0.25, 0.3) is 5.91 Å². The third kappa shape index (κ3) is 3.67. The van der Waals surface area contributed by atoms with Crippen molar-refractivity contribution in [2.75, 3.05) is 20.2 Å². The first kappa shape index (κ1) is 15.5. The number of amides is 1. The van der Waals surface area contributed by atoms with E-state index in [1.54, 1.807) is 26.3 Å². The van der Waals surface area contributed by atoms with Crippen molar-refractivity contribution in [3.8, 4) is 5.75 Å². The van der Waals surface area contributed by atoms with E-state index in [9.17, 15) is 4.79 Å².